The number of rotatable bonds is 7. The van der Waals surface area contributed by atoms with E-state index in [4.69, 9.17) is 9.84 Å². The van der Waals surface area contributed by atoms with Crippen LogP contribution in [0.15, 0.2) is 12.3 Å². The molecule has 0 amide bonds. The molecule has 4 nitrogen and oxygen atoms in total. The summed E-state index contributed by atoms with van der Waals surface area (Å²) in [4.78, 5) is 0. The molecule has 4 atom stereocenters. The zero-order chi connectivity index (χ0) is 14.5. The van der Waals surface area contributed by atoms with Crippen molar-refractivity contribution in [3.05, 3.63) is 18.0 Å². The van der Waals surface area contributed by atoms with Crippen molar-refractivity contribution in [3.63, 3.8) is 0 Å². The lowest BCUT2D eigenvalue weighted by molar-refractivity contribution is 0.0321. The summed E-state index contributed by atoms with van der Waals surface area (Å²) in [6.45, 7) is 9.70. The van der Waals surface area contributed by atoms with E-state index in [-0.39, 0.29) is 0 Å². The molecule has 1 aromatic heterocycles. The van der Waals surface area contributed by atoms with Crippen LogP contribution in [0.2, 0.25) is 0 Å². The van der Waals surface area contributed by atoms with Gasteiger partial charge >= 0.3 is 0 Å². The summed E-state index contributed by atoms with van der Waals surface area (Å²) in [5.74, 6) is 0. The van der Waals surface area contributed by atoms with Crippen LogP contribution >= 0.6 is 0 Å². The lowest BCUT2D eigenvalue weighted by Crippen LogP contribution is -2.41. The van der Waals surface area contributed by atoms with Gasteiger partial charge in [0, 0.05) is 24.7 Å². The summed E-state index contributed by atoms with van der Waals surface area (Å²) >= 11 is 0. The zero-order valence-corrected chi connectivity index (χ0v) is 13.3. The van der Waals surface area contributed by atoms with Gasteiger partial charge in [-0.1, -0.05) is 13.8 Å². The van der Waals surface area contributed by atoms with E-state index >= 15 is 0 Å². The average molecular weight is 279 g/mol. The van der Waals surface area contributed by atoms with Crippen molar-refractivity contribution in [2.24, 2.45) is 0 Å². The second kappa shape index (κ2) is 7.23. The topological polar surface area (TPSA) is 39.1 Å². The molecule has 0 aliphatic carbocycles. The lowest BCUT2D eigenvalue weighted by atomic mass is 10.0. The van der Waals surface area contributed by atoms with E-state index in [0.717, 1.165) is 25.8 Å². The molecule has 1 fully saturated rings. The van der Waals surface area contributed by atoms with Gasteiger partial charge in [0.15, 0.2) is 0 Å². The van der Waals surface area contributed by atoms with E-state index in [9.17, 15) is 0 Å². The maximum absolute atomic E-state index is 6.03. The molecule has 0 radical (unpaired) electrons. The summed E-state index contributed by atoms with van der Waals surface area (Å²) < 4.78 is 8.11. The molecule has 1 aliphatic heterocycles. The third-order valence-corrected chi connectivity index (χ3v) is 4.31. The van der Waals surface area contributed by atoms with Crippen molar-refractivity contribution in [1.29, 1.82) is 0 Å². The van der Waals surface area contributed by atoms with E-state index in [2.05, 4.69) is 50.0 Å². The molecule has 1 aliphatic rings. The quantitative estimate of drug-likeness (QED) is 0.834. The predicted octanol–water partition coefficient (Wildman–Crippen LogP) is 2.94. The summed E-state index contributed by atoms with van der Waals surface area (Å²) in [7, 11) is 0. The average Bonchev–Trinajstić information content (AvgIpc) is 3.06. The van der Waals surface area contributed by atoms with Crippen LogP contribution in [0.3, 0.4) is 0 Å². The predicted molar refractivity (Wildman–Crippen MR) is 82.0 cm³/mol. The Balaban J connectivity index is 1.98. The van der Waals surface area contributed by atoms with Gasteiger partial charge in [0.2, 0.25) is 0 Å². The van der Waals surface area contributed by atoms with Crippen molar-refractivity contribution >= 4 is 0 Å². The normalized spacial score (nSPS) is 25.8. The largest absolute Gasteiger partial charge is 0.374 e. The minimum atomic E-state index is 0.332. The Labute approximate surface area is 122 Å². The van der Waals surface area contributed by atoms with Crippen molar-refractivity contribution in [3.8, 4) is 0 Å². The van der Waals surface area contributed by atoms with Gasteiger partial charge in [-0.25, -0.2) is 0 Å². The maximum atomic E-state index is 6.03. The van der Waals surface area contributed by atoms with Crippen LogP contribution in [0, 0.1) is 0 Å². The van der Waals surface area contributed by atoms with E-state index < -0.39 is 0 Å². The number of hydrogen-bond acceptors (Lipinski definition) is 3. The Hall–Kier alpha value is -0.870. The van der Waals surface area contributed by atoms with E-state index in [1.54, 1.807) is 0 Å². The fourth-order valence-corrected chi connectivity index (χ4v) is 2.87. The van der Waals surface area contributed by atoms with E-state index in [1.165, 1.54) is 12.1 Å². The SMILES string of the molecule is CCNC(Cc1ccn(C(C)CC)n1)C1CCC(C)O1. The van der Waals surface area contributed by atoms with Crippen molar-refractivity contribution in [1.82, 2.24) is 15.1 Å². The zero-order valence-electron chi connectivity index (χ0n) is 13.3. The first-order chi connectivity index (χ1) is 9.63. The van der Waals surface area contributed by atoms with E-state index in [1.807, 2.05) is 0 Å². The summed E-state index contributed by atoms with van der Waals surface area (Å²) in [5.41, 5.74) is 1.17. The summed E-state index contributed by atoms with van der Waals surface area (Å²) in [6, 6.07) is 3.00. The fraction of sp³-hybridized carbons (Fsp3) is 0.812. The van der Waals surface area contributed by atoms with Crippen molar-refractivity contribution < 1.29 is 4.74 Å². The van der Waals surface area contributed by atoms with Gasteiger partial charge in [-0.15, -0.1) is 0 Å². The number of hydrogen-bond donors (Lipinski definition) is 1. The first kappa shape index (κ1) is 15.5. The second-order valence-electron chi connectivity index (χ2n) is 5.98. The second-order valence-corrected chi connectivity index (χ2v) is 5.98. The number of likely N-dealkylation sites (N-methyl/N-ethyl adjacent to an activating group) is 1. The Morgan fingerprint density at radius 3 is 2.85 bits per heavy atom. The molecule has 20 heavy (non-hydrogen) atoms. The minimum Gasteiger partial charge on any atom is -0.374 e. The molecule has 2 heterocycles. The van der Waals surface area contributed by atoms with Crippen LogP contribution in [-0.4, -0.2) is 34.6 Å². The molecule has 0 aromatic carbocycles. The van der Waals surface area contributed by atoms with Crippen LogP contribution < -0.4 is 5.32 Å². The Kier molecular flexibility index (Phi) is 5.61. The first-order valence-electron chi connectivity index (χ1n) is 8.06. The molecule has 0 saturated carbocycles. The van der Waals surface area contributed by atoms with Gasteiger partial charge < -0.3 is 10.1 Å². The standard InChI is InChI=1S/C16H29N3O/c1-5-12(3)19-10-9-14(18-19)11-15(17-6-2)16-8-7-13(4)20-16/h9-10,12-13,15-17H,5-8,11H2,1-4H3. The molecular weight excluding hydrogens is 250 g/mol. The molecular formula is C16H29N3O. The number of nitrogens with one attached hydrogen (secondary N) is 1. The Morgan fingerprint density at radius 1 is 1.45 bits per heavy atom. The highest BCUT2D eigenvalue weighted by Gasteiger charge is 2.29. The van der Waals surface area contributed by atoms with Gasteiger partial charge in [-0.05, 0) is 45.7 Å². The summed E-state index contributed by atoms with van der Waals surface area (Å²) in [6.07, 6.45) is 7.23. The summed E-state index contributed by atoms with van der Waals surface area (Å²) in [5, 5.41) is 8.29. The van der Waals surface area contributed by atoms with Crippen LogP contribution in [0.4, 0.5) is 0 Å². The minimum absolute atomic E-state index is 0.332. The maximum Gasteiger partial charge on any atom is 0.0736 e. The number of aromatic nitrogens is 2. The van der Waals surface area contributed by atoms with Gasteiger partial charge in [0.1, 0.15) is 0 Å². The number of nitrogens with zero attached hydrogens (tertiary/aromatic N) is 2. The monoisotopic (exact) mass is 279 g/mol. The van der Waals surface area contributed by atoms with Crippen LogP contribution in [-0.2, 0) is 11.2 Å². The first-order valence-corrected chi connectivity index (χ1v) is 8.06. The lowest BCUT2D eigenvalue weighted by Gasteiger charge is -2.23. The Morgan fingerprint density at radius 2 is 2.25 bits per heavy atom. The highest BCUT2D eigenvalue weighted by molar-refractivity contribution is 5.04. The molecule has 114 valence electrons. The molecule has 4 heteroatoms. The highest BCUT2D eigenvalue weighted by Crippen LogP contribution is 2.23. The van der Waals surface area contributed by atoms with E-state index in [0.29, 0.717) is 24.3 Å². The smallest absolute Gasteiger partial charge is 0.0736 e. The van der Waals surface area contributed by atoms with Gasteiger partial charge in [0.05, 0.1) is 17.9 Å². The molecule has 1 aromatic rings. The van der Waals surface area contributed by atoms with Crippen LogP contribution in [0.1, 0.15) is 58.7 Å². The van der Waals surface area contributed by atoms with Gasteiger partial charge in [0.25, 0.3) is 0 Å². The third kappa shape index (κ3) is 3.83. The third-order valence-electron chi connectivity index (χ3n) is 4.31. The molecule has 0 spiro atoms. The highest BCUT2D eigenvalue weighted by atomic mass is 16.5. The molecule has 1 N–H and O–H groups in total. The molecule has 0 bridgehead atoms. The molecule has 1 saturated heterocycles. The van der Waals surface area contributed by atoms with Crippen LogP contribution in [0.25, 0.3) is 0 Å². The Bertz CT molecular complexity index is 404. The van der Waals surface area contributed by atoms with Gasteiger partial charge in [-0.3, -0.25) is 4.68 Å². The number of ether oxygens (including phenoxy) is 1. The molecule has 2 rings (SSSR count). The van der Waals surface area contributed by atoms with Crippen molar-refractivity contribution in [2.45, 2.75) is 77.7 Å². The molecule has 4 unspecified atom stereocenters. The van der Waals surface area contributed by atoms with Crippen molar-refractivity contribution in [2.75, 3.05) is 6.54 Å². The fourth-order valence-electron chi connectivity index (χ4n) is 2.87. The van der Waals surface area contributed by atoms with Gasteiger partial charge in [-0.2, -0.15) is 5.10 Å². The van der Waals surface area contributed by atoms with Crippen LogP contribution in [0.5, 0.6) is 0 Å².